The maximum Gasteiger partial charge on any atom is 0.149 e. The molecule has 0 N–H and O–H groups in total. The van der Waals surface area contributed by atoms with E-state index in [1.165, 1.54) is 0 Å². The van der Waals surface area contributed by atoms with Crippen LogP contribution in [0.1, 0.15) is 13.9 Å². The number of benzene rings is 8. The number of hydrogen-bond acceptors (Lipinski definition) is 2. The standard InChI is InChI=1S/C46H30N2O/c1-3-12-30(13-4-1)28-31-22-25-38-39-20-11-21-40(45(39)49-42(38)29-31)46-47-43-35-18-9-7-16-33(35)24-27-41(43)48(46)44-36-19-10-8-17-34(36)23-26-37(44)32-14-5-2-6-15-32/h1-27,29H,28H2/i28D2. The lowest BCUT2D eigenvalue weighted by atomic mass is 9.97. The van der Waals surface area contributed by atoms with Gasteiger partial charge in [0, 0.05) is 29.8 Å². The number of nitrogens with zero attached hydrogens (tertiary/aromatic N) is 2. The van der Waals surface area contributed by atoms with Gasteiger partial charge < -0.3 is 4.42 Å². The Balaban J connectivity index is 1.29. The summed E-state index contributed by atoms with van der Waals surface area (Å²) in [5.41, 5.74) is 8.56. The van der Waals surface area contributed by atoms with Crippen molar-refractivity contribution in [2.75, 3.05) is 0 Å². The van der Waals surface area contributed by atoms with Crippen molar-refractivity contribution in [3.8, 4) is 28.2 Å². The summed E-state index contributed by atoms with van der Waals surface area (Å²) in [7, 11) is 0. The maximum absolute atomic E-state index is 9.01. The van der Waals surface area contributed by atoms with E-state index in [2.05, 4.69) is 120 Å². The van der Waals surface area contributed by atoms with Crippen molar-refractivity contribution < 1.29 is 7.16 Å². The Morgan fingerprint density at radius 3 is 2.06 bits per heavy atom. The fourth-order valence-corrected chi connectivity index (χ4v) is 7.31. The number of rotatable bonds is 5. The fraction of sp³-hybridized carbons (Fsp3) is 0.0217. The van der Waals surface area contributed by atoms with Crippen molar-refractivity contribution in [1.82, 2.24) is 9.55 Å². The smallest absolute Gasteiger partial charge is 0.149 e. The monoisotopic (exact) mass is 628 g/mol. The molecule has 2 heterocycles. The molecule has 0 bridgehead atoms. The van der Waals surface area contributed by atoms with Crippen LogP contribution in [-0.2, 0) is 6.37 Å². The average Bonchev–Trinajstić information content (AvgIpc) is 3.77. The van der Waals surface area contributed by atoms with Gasteiger partial charge in [0.2, 0.25) is 0 Å². The first-order valence-corrected chi connectivity index (χ1v) is 16.6. The molecule has 10 rings (SSSR count). The van der Waals surface area contributed by atoms with Gasteiger partial charge in [0.1, 0.15) is 17.0 Å². The van der Waals surface area contributed by atoms with Crippen LogP contribution in [0.15, 0.2) is 174 Å². The van der Waals surface area contributed by atoms with Crippen LogP contribution < -0.4 is 0 Å². The average molecular weight is 629 g/mol. The van der Waals surface area contributed by atoms with E-state index in [1.54, 1.807) is 0 Å². The van der Waals surface area contributed by atoms with E-state index in [-0.39, 0.29) is 0 Å². The largest absolute Gasteiger partial charge is 0.455 e. The number of imidazole rings is 1. The van der Waals surface area contributed by atoms with E-state index in [0.717, 1.165) is 71.6 Å². The van der Waals surface area contributed by atoms with Gasteiger partial charge in [-0.1, -0.05) is 152 Å². The van der Waals surface area contributed by atoms with Crippen LogP contribution in [0.3, 0.4) is 0 Å². The van der Waals surface area contributed by atoms with Crippen molar-refractivity contribution >= 4 is 54.5 Å². The molecule has 3 heteroatoms. The molecule has 8 aromatic carbocycles. The van der Waals surface area contributed by atoms with Crippen molar-refractivity contribution in [3.05, 3.63) is 181 Å². The Hall–Kier alpha value is -6.45. The fourth-order valence-electron chi connectivity index (χ4n) is 7.31. The SMILES string of the molecule is [2H]C([2H])(c1ccccc1)c1ccc2c(c1)oc1c(-c3nc4c5ccccc5ccc4n3-c3c(-c4ccccc4)ccc4ccccc34)cccc12. The predicted molar refractivity (Wildman–Crippen MR) is 203 cm³/mol. The minimum atomic E-state index is -1.69. The van der Waals surface area contributed by atoms with Gasteiger partial charge in [-0.15, -0.1) is 0 Å². The first-order chi connectivity index (χ1) is 25.1. The zero-order valence-electron chi connectivity index (χ0n) is 28.5. The van der Waals surface area contributed by atoms with E-state index in [4.69, 9.17) is 12.1 Å². The molecule has 10 aromatic rings. The third-order valence-corrected chi connectivity index (χ3v) is 9.56. The highest BCUT2D eigenvalue weighted by molar-refractivity contribution is 6.12. The van der Waals surface area contributed by atoms with Crippen LogP contribution in [0.4, 0.5) is 0 Å². The summed E-state index contributed by atoms with van der Waals surface area (Å²) in [6.07, 6.45) is -1.69. The van der Waals surface area contributed by atoms with E-state index < -0.39 is 6.37 Å². The Morgan fingerprint density at radius 2 is 1.22 bits per heavy atom. The Bertz CT molecular complexity index is 2940. The zero-order valence-corrected chi connectivity index (χ0v) is 26.5. The summed E-state index contributed by atoms with van der Waals surface area (Å²) in [5, 5.41) is 6.37. The van der Waals surface area contributed by atoms with Gasteiger partial charge in [-0.2, -0.15) is 0 Å². The summed E-state index contributed by atoms with van der Waals surface area (Å²) in [5.74, 6) is 0.777. The minimum Gasteiger partial charge on any atom is -0.455 e. The summed E-state index contributed by atoms with van der Waals surface area (Å²) in [6, 6.07) is 57.5. The summed E-state index contributed by atoms with van der Waals surface area (Å²) in [4.78, 5) is 5.49. The van der Waals surface area contributed by atoms with Crippen molar-refractivity contribution in [2.24, 2.45) is 0 Å². The summed E-state index contributed by atoms with van der Waals surface area (Å²) in [6.45, 7) is 0. The van der Waals surface area contributed by atoms with E-state index in [9.17, 15) is 0 Å². The molecule has 0 aliphatic heterocycles. The van der Waals surface area contributed by atoms with E-state index in [0.29, 0.717) is 22.3 Å². The molecule has 0 radical (unpaired) electrons. The van der Waals surface area contributed by atoms with Crippen molar-refractivity contribution in [2.45, 2.75) is 6.37 Å². The number of hydrogen-bond donors (Lipinski definition) is 0. The van der Waals surface area contributed by atoms with Gasteiger partial charge in [0.15, 0.2) is 0 Å². The highest BCUT2D eigenvalue weighted by Gasteiger charge is 2.24. The lowest BCUT2D eigenvalue weighted by Crippen LogP contribution is -2.02. The first kappa shape index (κ1) is 25.6. The molecular formula is C46H30N2O. The van der Waals surface area contributed by atoms with Gasteiger partial charge in [-0.3, -0.25) is 4.57 Å². The van der Waals surface area contributed by atoms with Crippen LogP contribution >= 0.6 is 0 Å². The van der Waals surface area contributed by atoms with Crippen LogP contribution in [-0.4, -0.2) is 9.55 Å². The summed E-state index contributed by atoms with van der Waals surface area (Å²) < 4.78 is 27.1. The van der Waals surface area contributed by atoms with E-state index in [1.807, 2.05) is 54.6 Å². The molecule has 0 spiro atoms. The Kier molecular flexibility index (Phi) is 5.79. The second-order valence-corrected chi connectivity index (χ2v) is 12.5. The Morgan fingerprint density at radius 1 is 0.531 bits per heavy atom. The summed E-state index contributed by atoms with van der Waals surface area (Å²) >= 11 is 0. The number of aromatic nitrogens is 2. The van der Waals surface area contributed by atoms with Gasteiger partial charge in [-0.05, 0) is 52.0 Å². The first-order valence-electron chi connectivity index (χ1n) is 17.6. The minimum absolute atomic E-state index is 0.545. The highest BCUT2D eigenvalue weighted by Crippen LogP contribution is 2.43. The lowest BCUT2D eigenvalue weighted by Gasteiger charge is -2.18. The molecule has 230 valence electrons. The molecule has 0 aliphatic carbocycles. The molecule has 49 heavy (non-hydrogen) atoms. The quantitative estimate of drug-likeness (QED) is 0.190. The number of para-hydroxylation sites is 1. The van der Waals surface area contributed by atoms with Gasteiger partial charge in [-0.25, -0.2) is 4.98 Å². The van der Waals surface area contributed by atoms with Crippen LogP contribution in [0.5, 0.6) is 0 Å². The van der Waals surface area contributed by atoms with Crippen LogP contribution in [0.25, 0.3) is 82.7 Å². The molecule has 0 unspecified atom stereocenters. The van der Waals surface area contributed by atoms with Gasteiger partial charge in [0.25, 0.3) is 0 Å². The van der Waals surface area contributed by atoms with Crippen LogP contribution in [0, 0.1) is 0 Å². The lowest BCUT2D eigenvalue weighted by molar-refractivity contribution is 0.669. The van der Waals surface area contributed by atoms with Crippen molar-refractivity contribution in [1.29, 1.82) is 0 Å². The molecule has 0 aliphatic rings. The highest BCUT2D eigenvalue weighted by atomic mass is 16.3. The predicted octanol–water partition coefficient (Wildman–Crippen LogP) is 12.2. The number of fused-ring (bicyclic) bond motifs is 7. The topological polar surface area (TPSA) is 31.0 Å². The molecule has 0 atom stereocenters. The Labute approximate surface area is 286 Å². The second-order valence-electron chi connectivity index (χ2n) is 12.5. The van der Waals surface area contributed by atoms with Gasteiger partial charge in [0.05, 0.1) is 22.3 Å². The normalized spacial score (nSPS) is 12.7. The molecule has 0 saturated heterocycles. The second kappa shape index (κ2) is 11.1. The zero-order chi connectivity index (χ0) is 34.1. The molecule has 0 saturated carbocycles. The van der Waals surface area contributed by atoms with Crippen LogP contribution in [0.2, 0.25) is 0 Å². The number of furan rings is 1. The third-order valence-electron chi connectivity index (χ3n) is 9.56. The van der Waals surface area contributed by atoms with Gasteiger partial charge >= 0.3 is 0 Å². The molecular weight excluding hydrogens is 597 g/mol. The van der Waals surface area contributed by atoms with E-state index >= 15 is 0 Å². The maximum atomic E-state index is 9.01. The molecule has 0 amide bonds. The molecule has 2 aromatic heterocycles. The molecule has 3 nitrogen and oxygen atoms in total. The third kappa shape index (κ3) is 4.47. The molecule has 0 fully saturated rings. The van der Waals surface area contributed by atoms with Crippen molar-refractivity contribution in [3.63, 3.8) is 0 Å².